The van der Waals surface area contributed by atoms with E-state index in [0.717, 1.165) is 6.20 Å². The van der Waals surface area contributed by atoms with Crippen molar-refractivity contribution in [1.82, 2.24) is 24.7 Å². The van der Waals surface area contributed by atoms with Gasteiger partial charge in [-0.1, -0.05) is 34.4 Å². The third-order valence-electron chi connectivity index (χ3n) is 4.68. The molecule has 14 heteroatoms. The molecule has 0 aliphatic carbocycles. The van der Waals surface area contributed by atoms with Crippen LogP contribution in [-0.2, 0) is 13.1 Å². The number of nitrogens with zero attached hydrogens (tertiary/aromatic N) is 6. The van der Waals surface area contributed by atoms with E-state index in [-0.39, 0.29) is 45.9 Å². The summed E-state index contributed by atoms with van der Waals surface area (Å²) in [5.41, 5.74) is 0.342. The van der Waals surface area contributed by atoms with E-state index in [1.54, 1.807) is 13.0 Å². The standard InChI is InChI=1S/C19H14Cl2FN7O4/c1-10-12(7-27-6-11(5-23-27)29(31)32)17(26-33-10)19(30)24-18-15(21)9-28(25-18)8-13-14(20)3-2-4-16(13)22/h2-6,9H,7-8H2,1H3,(H,24,25,30). The Labute approximate surface area is 194 Å². The lowest BCUT2D eigenvalue weighted by Gasteiger charge is -2.06. The lowest BCUT2D eigenvalue weighted by Crippen LogP contribution is -2.17. The van der Waals surface area contributed by atoms with E-state index >= 15 is 0 Å². The number of anilines is 1. The molecule has 3 heterocycles. The predicted octanol–water partition coefficient (Wildman–Crippen LogP) is 4.08. The lowest BCUT2D eigenvalue weighted by molar-refractivity contribution is -0.385. The molecule has 4 rings (SSSR count). The number of benzene rings is 1. The summed E-state index contributed by atoms with van der Waals surface area (Å²) in [6.45, 7) is 1.60. The Balaban J connectivity index is 1.53. The van der Waals surface area contributed by atoms with Crippen molar-refractivity contribution in [2.75, 3.05) is 5.32 Å². The van der Waals surface area contributed by atoms with Crippen molar-refractivity contribution >= 4 is 40.6 Å². The zero-order chi connectivity index (χ0) is 23.7. The minimum atomic E-state index is -0.667. The molecular formula is C19H14Cl2FN7O4. The SMILES string of the molecule is Cc1onc(C(=O)Nc2nn(Cc3c(F)cccc3Cl)cc2Cl)c1Cn1cc([N+](=O)[O-])cn1. The number of halogens is 3. The van der Waals surface area contributed by atoms with Crippen LogP contribution in [-0.4, -0.2) is 35.5 Å². The van der Waals surface area contributed by atoms with Crippen molar-refractivity contribution in [3.8, 4) is 0 Å². The second-order valence-electron chi connectivity index (χ2n) is 6.90. The van der Waals surface area contributed by atoms with Crippen LogP contribution in [0.3, 0.4) is 0 Å². The minimum Gasteiger partial charge on any atom is -0.361 e. The third-order valence-corrected chi connectivity index (χ3v) is 5.31. The molecule has 11 nitrogen and oxygen atoms in total. The average molecular weight is 494 g/mol. The quantitative estimate of drug-likeness (QED) is 0.302. The van der Waals surface area contributed by atoms with E-state index < -0.39 is 16.6 Å². The minimum absolute atomic E-state index is 0.00645. The van der Waals surface area contributed by atoms with Gasteiger partial charge < -0.3 is 9.84 Å². The van der Waals surface area contributed by atoms with E-state index in [1.807, 2.05) is 0 Å². The van der Waals surface area contributed by atoms with Crippen molar-refractivity contribution in [2.24, 2.45) is 0 Å². The molecule has 3 aromatic heterocycles. The first-order valence-corrected chi connectivity index (χ1v) is 10.1. The van der Waals surface area contributed by atoms with Crippen molar-refractivity contribution in [1.29, 1.82) is 0 Å². The number of carbonyl (C=O) groups is 1. The maximum atomic E-state index is 14.1. The largest absolute Gasteiger partial charge is 0.361 e. The summed E-state index contributed by atoms with van der Waals surface area (Å²) in [7, 11) is 0. The van der Waals surface area contributed by atoms with Gasteiger partial charge in [0.1, 0.15) is 29.0 Å². The summed E-state index contributed by atoms with van der Waals surface area (Å²) < 4.78 is 21.8. The Kier molecular flexibility index (Phi) is 6.11. The first-order valence-electron chi connectivity index (χ1n) is 9.32. The number of carbonyl (C=O) groups excluding carboxylic acids is 1. The molecule has 1 aromatic carbocycles. The van der Waals surface area contributed by atoms with Crippen LogP contribution in [0.5, 0.6) is 0 Å². The van der Waals surface area contributed by atoms with Crippen LogP contribution in [0.4, 0.5) is 15.9 Å². The Morgan fingerprint density at radius 1 is 1.21 bits per heavy atom. The molecule has 170 valence electrons. The summed E-state index contributed by atoms with van der Waals surface area (Å²) in [5.74, 6) is -0.805. The van der Waals surface area contributed by atoms with E-state index in [2.05, 4.69) is 20.7 Å². The Morgan fingerprint density at radius 3 is 2.67 bits per heavy atom. The molecular weight excluding hydrogens is 480 g/mol. The number of aromatic nitrogens is 5. The molecule has 0 unspecified atom stereocenters. The van der Waals surface area contributed by atoms with Crippen LogP contribution in [0.2, 0.25) is 10.0 Å². The second kappa shape index (κ2) is 9.00. The highest BCUT2D eigenvalue weighted by Crippen LogP contribution is 2.25. The van der Waals surface area contributed by atoms with Gasteiger partial charge in [0.2, 0.25) is 0 Å². The lowest BCUT2D eigenvalue weighted by atomic mass is 10.2. The molecule has 33 heavy (non-hydrogen) atoms. The van der Waals surface area contributed by atoms with Crippen LogP contribution in [0.25, 0.3) is 0 Å². The first kappa shape index (κ1) is 22.4. The number of amides is 1. The molecule has 4 aromatic rings. The molecule has 0 saturated heterocycles. The summed E-state index contributed by atoms with van der Waals surface area (Å²) in [4.78, 5) is 23.1. The molecule has 0 atom stereocenters. The molecule has 1 amide bonds. The molecule has 0 aliphatic heterocycles. The van der Waals surface area contributed by atoms with Crippen LogP contribution in [0.15, 0.2) is 41.3 Å². The predicted molar refractivity (Wildman–Crippen MR) is 115 cm³/mol. The van der Waals surface area contributed by atoms with Gasteiger partial charge in [-0.2, -0.15) is 10.2 Å². The maximum Gasteiger partial charge on any atom is 0.307 e. The van der Waals surface area contributed by atoms with Crippen LogP contribution in [0.1, 0.15) is 27.4 Å². The van der Waals surface area contributed by atoms with E-state index in [4.69, 9.17) is 27.7 Å². The fourth-order valence-electron chi connectivity index (χ4n) is 3.03. The Bertz CT molecular complexity index is 1340. The highest BCUT2D eigenvalue weighted by atomic mass is 35.5. The first-order chi connectivity index (χ1) is 15.7. The van der Waals surface area contributed by atoms with Gasteiger partial charge in [0.05, 0.1) is 18.0 Å². The number of nitrogens with one attached hydrogen (secondary N) is 1. The van der Waals surface area contributed by atoms with Gasteiger partial charge in [0, 0.05) is 22.3 Å². The topological polar surface area (TPSA) is 134 Å². The monoisotopic (exact) mass is 493 g/mol. The summed E-state index contributed by atoms with van der Waals surface area (Å²) in [5, 5.41) is 25.6. The van der Waals surface area contributed by atoms with Crippen molar-refractivity contribution in [3.63, 3.8) is 0 Å². The van der Waals surface area contributed by atoms with Gasteiger partial charge in [0.25, 0.3) is 5.91 Å². The number of nitro groups is 1. The zero-order valence-corrected chi connectivity index (χ0v) is 18.3. The number of rotatable bonds is 7. The number of hydrogen-bond donors (Lipinski definition) is 1. The molecule has 0 bridgehead atoms. The van der Waals surface area contributed by atoms with Crippen LogP contribution < -0.4 is 5.32 Å². The van der Waals surface area contributed by atoms with Crippen LogP contribution in [0, 0.1) is 22.9 Å². The fraction of sp³-hybridized carbons (Fsp3) is 0.158. The highest BCUT2D eigenvalue weighted by molar-refractivity contribution is 6.33. The molecule has 0 fully saturated rings. The summed E-state index contributed by atoms with van der Waals surface area (Å²) in [6, 6.07) is 4.32. The van der Waals surface area contributed by atoms with Crippen molar-refractivity contribution in [2.45, 2.75) is 20.0 Å². The summed E-state index contributed by atoms with van der Waals surface area (Å²) >= 11 is 12.2. The molecule has 0 radical (unpaired) electrons. The highest BCUT2D eigenvalue weighted by Gasteiger charge is 2.23. The zero-order valence-electron chi connectivity index (χ0n) is 16.8. The number of aryl methyl sites for hydroxylation is 1. The van der Waals surface area contributed by atoms with E-state index in [9.17, 15) is 19.3 Å². The fourth-order valence-corrected chi connectivity index (χ4v) is 3.45. The molecule has 0 spiro atoms. The van der Waals surface area contributed by atoms with Gasteiger partial charge in [-0.3, -0.25) is 24.3 Å². The van der Waals surface area contributed by atoms with E-state index in [0.29, 0.717) is 11.3 Å². The second-order valence-corrected chi connectivity index (χ2v) is 7.71. The van der Waals surface area contributed by atoms with Gasteiger partial charge in [0.15, 0.2) is 11.5 Å². The maximum absolute atomic E-state index is 14.1. The Hall–Kier alpha value is -3.77. The van der Waals surface area contributed by atoms with Crippen molar-refractivity contribution in [3.05, 3.63) is 85.3 Å². The number of hydrogen-bond acceptors (Lipinski definition) is 7. The van der Waals surface area contributed by atoms with Gasteiger partial charge in [-0.15, -0.1) is 0 Å². The Morgan fingerprint density at radius 2 is 1.97 bits per heavy atom. The van der Waals surface area contributed by atoms with Crippen molar-refractivity contribution < 1.29 is 18.6 Å². The van der Waals surface area contributed by atoms with E-state index in [1.165, 1.54) is 33.9 Å². The normalized spacial score (nSPS) is 11.0. The smallest absolute Gasteiger partial charge is 0.307 e. The van der Waals surface area contributed by atoms with Gasteiger partial charge in [-0.25, -0.2) is 4.39 Å². The molecule has 0 aliphatic rings. The average Bonchev–Trinajstić information content (AvgIpc) is 3.46. The third kappa shape index (κ3) is 4.71. The van der Waals surface area contributed by atoms with Gasteiger partial charge in [-0.05, 0) is 19.1 Å². The molecule has 1 N–H and O–H groups in total. The summed E-state index contributed by atoms with van der Waals surface area (Å²) in [6.07, 6.45) is 3.73. The molecule has 0 saturated carbocycles. The van der Waals surface area contributed by atoms with Gasteiger partial charge >= 0.3 is 5.69 Å². The van der Waals surface area contributed by atoms with Crippen LogP contribution >= 0.6 is 23.2 Å².